The molecule has 0 aliphatic heterocycles. The molecule has 1 amide bonds. The molecule has 1 fully saturated rings. The molecule has 1 aliphatic rings. The van der Waals surface area contributed by atoms with Crippen LogP contribution in [-0.4, -0.2) is 33.9 Å². The number of amides is 1. The number of carboxylic acid groups (broad SMARTS) is 1. The van der Waals surface area contributed by atoms with E-state index in [1.165, 1.54) is 23.3 Å². The molecule has 1 aliphatic carbocycles. The van der Waals surface area contributed by atoms with Crippen LogP contribution in [0.2, 0.25) is 0 Å². The number of rotatable bonds is 9. The predicted octanol–water partition coefficient (Wildman–Crippen LogP) is 5.89. The van der Waals surface area contributed by atoms with Gasteiger partial charge in [-0.3, -0.25) is 4.90 Å². The average molecular weight is 434 g/mol. The standard InChI is InChI=1S/C26H31N3O3/c1-4-32-22-10-7-19(8-11-22)15-25-27-23-16-21(28(26(30)31)14-13-18(2)3)9-12-24(23)29(25)17-20-5-6-20/h7-13,16,20H,4-6,14-15,17H2,1-3H3,(H,30,31). The van der Waals surface area contributed by atoms with Crippen LogP contribution < -0.4 is 9.64 Å². The molecular weight excluding hydrogens is 402 g/mol. The number of carbonyl (C=O) groups is 1. The van der Waals surface area contributed by atoms with Crippen molar-refractivity contribution in [1.29, 1.82) is 0 Å². The zero-order valence-corrected chi connectivity index (χ0v) is 19.0. The van der Waals surface area contributed by atoms with Crippen molar-refractivity contribution in [2.75, 3.05) is 18.1 Å². The Morgan fingerprint density at radius 2 is 1.97 bits per heavy atom. The molecule has 4 rings (SSSR count). The van der Waals surface area contributed by atoms with E-state index in [-0.39, 0.29) is 0 Å². The van der Waals surface area contributed by atoms with E-state index in [2.05, 4.69) is 16.7 Å². The second-order valence-corrected chi connectivity index (χ2v) is 8.68. The van der Waals surface area contributed by atoms with Crippen LogP contribution in [0.1, 0.15) is 45.0 Å². The molecule has 0 bridgehead atoms. The third kappa shape index (κ3) is 5.13. The highest BCUT2D eigenvalue weighted by molar-refractivity contribution is 5.90. The van der Waals surface area contributed by atoms with Gasteiger partial charge in [0, 0.05) is 25.2 Å². The van der Waals surface area contributed by atoms with Crippen LogP contribution in [-0.2, 0) is 13.0 Å². The second kappa shape index (κ2) is 9.47. The molecule has 0 radical (unpaired) electrons. The summed E-state index contributed by atoms with van der Waals surface area (Å²) in [6.07, 6.45) is 4.20. The van der Waals surface area contributed by atoms with Crippen molar-refractivity contribution in [2.45, 2.75) is 46.6 Å². The van der Waals surface area contributed by atoms with Gasteiger partial charge in [0.15, 0.2) is 0 Å². The van der Waals surface area contributed by atoms with Gasteiger partial charge in [-0.2, -0.15) is 0 Å². The Morgan fingerprint density at radius 3 is 2.59 bits per heavy atom. The maximum atomic E-state index is 11.9. The number of ether oxygens (including phenoxy) is 1. The van der Waals surface area contributed by atoms with Crippen molar-refractivity contribution in [2.24, 2.45) is 5.92 Å². The van der Waals surface area contributed by atoms with Gasteiger partial charge in [-0.05, 0) is 75.4 Å². The Hall–Kier alpha value is -3.28. The zero-order valence-electron chi connectivity index (χ0n) is 19.0. The van der Waals surface area contributed by atoms with Gasteiger partial charge in [0.1, 0.15) is 11.6 Å². The van der Waals surface area contributed by atoms with E-state index in [4.69, 9.17) is 9.72 Å². The van der Waals surface area contributed by atoms with Gasteiger partial charge in [0.25, 0.3) is 0 Å². The molecule has 6 heteroatoms. The fourth-order valence-corrected chi connectivity index (χ4v) is 3.85. The van der Waals surface area contributed by atoms with Crippen molar-refractivity contribution in [3.63, 3.8) is 0 Å². The van der Waals surface area contributed by atoms with Crippen LogP contribution in [0, 0.1) is 5.92 Å². The quantitative estimate of drug-likeness (QED) is 0.428. The largest absolute Gasteiger partial charge is 0.494 e. The van der Waals surface area contributed by atoms with Crippen LogP contribution in [0.3, 0.4) is 0 Å². The molecule has 0 saturated heterocycles. The molecule has 0 atom stereocenters. The fourth-order valence-electron chi connectivity index (χ4n) is 3.85. The summed E-state index contributed by atoms with van der Waals surface area (Å²) >= 11 is 0. The minimum absolute atomic E-state index is 0.324. The summed E-state index contributed by atoms with van der Waals surface area (Å²) in [6.45, 7) is 7.85. The van der Waals surface area contributed by atoms with E-state index in [0.29, 0.717) is 24.8 Å². The maximum absolute atomic E-state index is 11.9. The number of benzene rings is 2. The Labute approximate surface area is 189 Å². The molecule has 2 aromatic carbocycles. The van der Waals surface area contributed by atoms with Gasteiger partial charge in [-0.15, -0.1) is 0 Å². The van der Waals surface area contributed by atoms with Crippen molar-refractivity contribution in [3.8, 4) is 5.75 Å². The predicted molar refractivity (Wildman–Crippen MR) is 128 cm³/mol. The first kappa shape index (κ1) is 21.9. The Bertz CT molecular complexity index is 1120. The summed E-state index contributed by atoms with van der Waals surface area (Å²) < 4.78 is 7.87. The number of nitrogens with zero attached hydrogens (tertiary/aromatic N) is 3. The summed E-state index contributed by atoms with van der Waals surface area (Å²) in [5.74, 6) is 2.59. The number of fused-ring (bicyclic) bond motifs is 1. The summed E-state index contributed by atoms with van der Waals surface area (Å²) in [5.41, 5.74) is 4.81. The summed E-state index contributed by atoms with van der Waals surface area (Å²) in [6, 6.07) is 14.0. The first-order valence-corrected chi connectivity index (χ1v) is 11.3. The molecule has 1 aromatic heterocycles. The number of hydrogen-bond donors (Lipinski definition) is 1. The highest BCUT2D eigenvalue weighted by atomic mass is 16.5. The first-order valence-electron chi connectivity index (χ1n) is 11.3. The van der Waals surface area contributed by atoms with E-state index < -0.39 is 6.09 Å². The molecule has 0 spiro atoms. The molecular formula is C26H31N3O3. The lowest BCUT2D eigenvalue weighted by atomic mass is 10.1. The normalized spacial score (nSPS) is 13.2. The van der Waals surface area contributed by atoms with E-state index in [1.807, 2.05) is 57.2 Å². The van der Waals surface area contributed by atoms with E-state index in [1.54, 1.807) is 0 Å². The van der Waals surface area contributed by atoms with E-state index in [9.17, 15) is 9.90 Å². The molecule has 3 aromatic rings. The van der Waals surface area contributed by atoms with Crippen LogP contribution in [0.25, 0.3) is 11.0 Å². The summed E-state index contributed by atoms with van der Waals surface area (Å²) in [7, 11) is 0. The Morgan fingerprint density at radius 1 is 1.22 bits per heavy atom. The third-order valence-electron chi connectivity index (χ3n) is 5.77. The SMILES string of the molecule is CCOc1ccc(Cc2nc3cc(N(CC=C(C)C)C(=O)O)ccc3n2CC2CC2)cc1. The number of hydrogen-bond acceptors (Lipinski definition) is 3. The van der Waals surface area contributed by atoms with E-state index in [0.717, 1.165) is 41.1 Å². The number of anilines is 1. The van der Waals surface area contributed by atoms with Crippen molar-refractivity contribution in [3.05, 3.63) is 65.5 Å². The highest BCUT2D eigenvalue weighted by Gasteiger charge is 2.25. The molecule has 168 valence electrons. The first-order chi connectivity index (χ1) is 15.4. The van der Waals surface area contributed by atoms with Crippen LogP contribution in [0.4, 0.5) is 10.5 Å². The van der Waals surface area contributed by atoms with Gasteiger partial charge in [-0.1, -0.05) is 23.8 Å². The number of allylic oxidation sites excluding steroid dienone is 1. The maximum Gasteiger partial charge on any atom is 0.412 e. The average Bonchev–Trinajstić information content (AvgIpc) is 3.51. The third-order valence-corrected chi connectivity index (χ3v) is 5.77. The Kier molecular flexibility index (Phi) is 6.49. The van der Waals surface area contributed by atoms with Gasteiger partial charge < -0.3 is 14.4 Å². The molecule has 0 unspecified atom stereocenters. The molecule has 1 heterocycles. The molecule has 1 N–H and O–H groups in total. The van der Waals surface area contributed by atoms with Crippen LogP contribution in [0.15, 0.2) is 54.1 Å². The van der Waals surface area contributed by atoms with Crippen LogP contribution in [0.5, 0.6) is 5.75 Å². The lowest BCUT2D eigenvalue weighted by molar-refractivity contribution is 0.202. The number of aromatic nitrogens is 2. The van der Waals surface area contributed by atoms with E-state index >= 15 is 0 Å². The van der Waals surface area contributed by atoms with Gasteiger partial charge in [-0.25, -0.2) is 9.78 Å². The fraction of sp³-hybridized carbons (Fsp3) is 0.385. The molecule has 6 nitrogen and oxygen atoms in total. The van der Waals surface area contributed by atoms with Gasteiger partial charge in [0.2, 0.25) is 0 Å². The monoisotopic (exact) mass is 433 g/mol. The minimum Gasteiger partial charge on any atom is -0.494 e. The molecule has 32 heavy (non-hydrogen) atoms. The van der Waals surface area contributed by atoms with Gasteiger partial charge >= 0.3 is 6.09 Å². The van der Waals surface area contributed by atoms with Gasteiger partial charge in [0.05, 0.1) is 17.6 Å². The second-order valence-electron chi connectivity index (χ2n) is 8.68. The lowest BCUT2D eigenvalue weighted by Gasteiger charge is -2.18. The number of imidazole rings is 1. The smallest absolute Gasteiger partial charge is 0.412 e. The Balaban J connectivity index is 1.67. The molecule has 1 saturated carbocycles. The van der Waals surface area contributed by atoms with Crippen molar-refractivity contribution < 1.29 is 14.6 Å². The topological polar surface area (TPSA) is 67.6 Å². The lowest BCUT2D eigenvalue weighted by Crippen LogP contribution is -2.29. The van der Waals surface area contributed by atoms with Crippen molar-refractivity contribution >= 4 is 22.8 Å². The minimum atomic E-state index is -0.964. The highest BCUT2D eigenvalue weighted by Crippen LogP contribution is 2.33. The van der Waals surface area contributed by atoms with Crippen molar-refractivity contribution in [1.82, 2.24) is 9.55 Å². The zero-order chi connectivity index (χ0) is 22.7. The van der Waals surface area contributed by atoms with Crippen LogP contribution >= 0.6 is 0 Å². The summed E-state index contributed by atoms with van der Waals surface area (Å²) in [5, 5.41) is 9.71. The summed E-state index contributed by atoms with van der Waals surface area (Å²) in [4.78, 5) is 18.2.